The predicted octanol–water partition coefficient (Wildman–Crippen LogP) is 0.944. The molecule has 1 aromatic heterocycles. The van der Waals surface area contributed by atoms with Gasteiger partial charge in [0, 0.05) is 25.4 Å². The second kappa shape index (κ2) is 9.18. The highest BCUT2D eigenvalue weighted by atomic mass is 19.1. The molecule has 0 aliphatic rings. The molecule has 27 heavy (non-hydrogen) atoms. The van der Waals surface area contributed by atoms with Gasteiger partial charge in [0.25, 0.3) is 11.8 Å². The zero-order chi connectivity index (χ0) is 19.8. The van der Waals surface area contributed by atoms with Crippen LogP contribution >= 0.6 is 0 Å². The minimum absolute atomic E-state index is 0.0851. The maximum absolute atomic E-state index is 13.6. The van der Waals surface area contributed by atoms with Crippen LogP contribution in [-0.2, 0) is 0 Å². The van der Waals surface area contributed by atoms with Crippen molar-refractivity contribution in [2.24, 2.45) is 0 Å². The number of ether oxygens (including phenoxy) is 1. The zero-order valence-electron chi connectivity index (χ0n) is 14.4. The molecule has 4 N–H and O–H groups in total. The van der Waals surface area contributed by atoms with Crippen LogP contribution in [0, 0.1) is 5.82 Å². The van der Waals surface area contributed by atoms with Crippen LogP contribution in [0.3, 0.4) is 0 Å². The van der Waals surface area contributed by atoms with E-state index in [4.69, 9.17) is 4.74 Å². The van der Waals surface area contributed by atoms with E-state index in [2.05, 4.69) is 15.6 Å². The number of pyridine rings is 1. The Morgan fingerprint density at radius 1 is 1.22 bits per heavy atom. The number of phenols is 1. The van der Waals surface area contributed by atoms with Gasteiger partial charge in [0.1, 0.15) is 5.69 Å². The molecule has 0 fully saturated rings. The van der Waals surface area contributed by atoms with Gasteiger partial charge >= 0.3 is 0 Å². The van der Waals surface area contributed by atoms with Crippen molar-refractivity contribution in [2.45, 2.75) is 0 Å². The number of aromatic hydroxyl groups is 1. The van der Waals surface area contributed by atoms with Gasteiger partial charge < -0.3 is 25.5 Å². The van der Waals surface area contributed by atoms with Crippen LogP contribution in [-0.4, -0.2) is 42.1 Å². The van der Waals surface area contributed by atoms with E-state index in [-0.39, 0.29) is 30.1 Å². The molecule has 0 saturated heterocycles. The lowest BCUT2D eigenvalue weighted by Gasteiger charge is -2.05. The SMILES string of the molecule is COc1c[nH]c(C(=O)NC/C=C\CNC(=O)c2cccc(O)c2F)cc1=O. The van der Waals surface area contributed by atoms with Crippen LogP contribution in [0.1, 0.15) is 20.8 Å². The van der Waals surface area contributed by atoms with Crippen molar-refractivity contribution in [1.82, 2.24) is 15.6 Å². The van der Waals surface area contributed by atoms with Crippen molar-refractivity contribution in [3.8, 4) is 11.5 Å². The summed E-state index contributed by atoms with van der Waals surface area (Å²) in [5.41, 5.74) is -0.596. The maximum atomic E-state index is 13.6. The molecular weight excluding hydrogens is 357 g/mol. The Bertz CT molecular complexity index is 923. The molecular formula is C18H18FN3O5. The number of hydrogen-bond acceptors (Lipinski definition) is 5. The van der Waals surface area contributed by atoms with Crippen molar-refractivity contribution in [3.63, 3.8) is 0 Å². The molecule has 0 spiro atoms. The van der Waals surface area contributed by atoms with Gasteiger partial charge in [-0.15, -0.1) is 0 Å². The van der Waals surface area contributed by atoms with Crippen LogP contribution in [0.4, 0.5) is 4.39 Å². The first kappa shape index (κ1) is 19.7. The summed E-state index contributed by atoms with van der Waals surface area (Å²) in [7, 11) is 1.35. The van der Waals surface area contributed by atoms with Gasteiger partial charge in [-0.25, -0.2) is 4.39 Å². The quantitative estimate of drug-likeness (QED) is 0.537. The standard InChI is InChI=1S/C18H18FN3O5/c1-27-15-10-22-12(9-14(15)24)18(26)21-8-3-2-7-20-17(25)11-5-4-6-13(23)16(11)19/h2-6,9-10,23H,7-8H2,1H3,(H,20,25)(H,21,26)(H,22,24)/b3-2-. The molecule has 1 heterocycles. The minimum Gasteiger partial charge on any atom is -0.505 e. The summed E-state index contributed by atoms with van der Waals surface area (Å²) in [6.45, 7) is 0.256. The largest absolute Gasteiger partial charge is 0.505 e. The van der Waals surface area contributed by atoms with E-state index < -0.39 is 28.8 Å². The molecule has 2 aromatic rings. The highest BCUT2D eigenvalue weighted by Gasteiger charge is 2.13. The second-order valence-corrected chi connectivity index (χ2v) is 5.31. The Morgan fingerprint density at radius 2 is 1.89 bits per heavy atom. The third kappa shape index (κ3) is 5.18. The van der Waals surface area contributed by atoms with Crippen LogP contribution in [0.15, 0.2) is 47.4 Å². The highest BCUT2D eigenvalue weighted by Crippen LogP contribution is 2.18. The summed E-state index contributed by atoms with van der Waals surface area (Å²) in [6, 6.07) is 4.89. The molecule has 142 valence electrons. The fourth-order valence-corrected chi connectivity index (χ4v) is 2.10. The number of H-pyrrole nitrogens is 1. The lowest BCUT2D eigenvalue weighted by atomic mass is 10.2. The number of halogens is 1. The molecule has 2 rings (SSSR count). The first-order chi connectivity index (χ1) is 12.9. The maximum Gasteiger partial charge on any atom is 0.268 e. The number of benzene rings is 1. The van der Waals surface area contributed by atoms with Crippen LogP contribution < -0.4 is 20.8 Å². The number of methoxy groups -OCH3 is 1. The lowest BCUT2D eigenvalue weighted by Crippen LogP contribution is -2.26. The van der Waals surface area contributed by atoms with E-state index in [1.165, 1.54) is 25.4 Å². The van der Waals surface area contributed by atoms with Crippen LogP contribution in [0.2, 0.25) is 0 Å². The molecule has 9 heteroatoms. The van der Waals surface area contributed by atoms with Crippen molar-refractivity contribution in [2.75, 3.05) is 20.2 Å². The summed E-state index contributed by atoms with van der Waals surface area (Å²) < 4.78 is 18.4. The van der Waals surface area contributed by atoms with E-state index in [1.807, 2.05) is 0 Å². The molecule has 0 aliphatic carbocycles. The second-order valence-electron chi connectivity index (χ2n) is 5.31. The Hall–Kier alpha value is -3.62. The lowest BCUT2D eigenvalue weighted by molar-refractivity contribution is 0.0943. The summed E-state index contributed by atoms with van der Waals surface area (Å²) in [5.74, 6) is -2.64. The Morgan fingerprint density at radius 3 is 2.52 bits per heavy atom. The van der Waals surface area contributed by atoms with Gasteiger partial charge in [0.2, 0.25) is 5.43 Å². The summed E-state index contributed by atoms with van der Waals surface area (Å²) >= 11 is 0. The number of aromatic amines is 1. The summed E-state index contributed by atoms with van der Waals surface area (Å²) in [6.07, 6.45) is 4.44. The number of hydrogen-bond donors (Lipinski definition) is 4. The molecule has 0 unspecified atom stereocenters. The summed E-state index contributed by atoms with van der Waals surface area (Å²) in [4.78, 5) is 38.0. The number of phenolic OH excluding ortho intramolecular Hbond substituents is 1. The van der Waals surface area contributed by atoms with E-state index in [0.29, 0.717) is 0 Å². The fourth-order valence-electron chi connectivity index (χ4n) is 2.10. The number of aromatic nitrogens is 1. The van der Waals surface area contributed by atoms with Crippen molar-refractivity contribution < 1.29 is 23.8 Å². The van der Waals surface area contributed by atoms with Gasteiger partial charge in [-0.2, -0.15) is 0 Å². The number of amides is 2. The molecule has 8 nitrogen and oxygen atoms in total. The van der Waals surface area contributed by atoms with Crippen molar-refractivity contribution in [3.05, 3.63) is 69.9 Å². The average Bonchev–Trinajstić information content (AvgIpc) is 2.66. The molecule has 1 aromatic carbocycles. The number of carbonyl (C=O) groups excluding carboxylic acids is 2. The number of nitrogens with one attached hydrogen (secondary N) is 3. The normalized spacial score (nSPS) is 10.6. The molecule has 0 aliphatic heterocycles. The Kier molecular flexibility index (Phi) is 6.70. The Labute approximate surface area is 153 Å². The smallest absolute Gasteiger partial charge is 0.268 e. The fraction of sp³-hybridized carbons (Fsp3) is 0.167. The molecule has 0 radical (unpaired) electrons. The average molecular weight is 375 g/mol. The van der Waals surface area contributed by atoms with E-state index >= 15 is 0 Å². The number of carbonyl (C=O) groups is 2. The van der Waals surface area contributed by atoms with Gasteiger partial charge in [-0.1, -0.05) is 18.2 Å². The van der Waals surface area contributed by atoms with Crippen LogP contribution in [0.25, 0.3) is 0 Å². The predicted molar refractivity (Wildman–Crippen MR) is 95.5 cm³/mol. The molecule has 0 bridgehead atoms. The zero-order valence-corrected chi connectivity index (χ0v) is 14.4. The highest BCUT2D eigenvalue weighted by molar-refractivity contribution is 5.95. The van der Waals surface area contributed by atoms with Gasteiger partial charge in [0.05, 0.1) is 12.7 Å². The van der Waals surface area contributed by atoms with E-state index in [0.717, 1.165) is 12.1 Å². The van der Waals surface area contributed by atoms with Gasteiger partial charge in [-0.3, -0.25) is 14.4 Å². The van der Waals surface area contributed by atoms with Gasteiger partial charge in [0.15, 0.2) is 17.3 Å². The Balaban J connectivity index is 1.78. The molecule has 0 atom stereocenters. The first-order valence-electron chi connectivity index (χ1n) is 7.89. The van der Waals surface area contributed by atoms with E-state index in [1.54, 1.807) is 12.2 Å². The van der Waals surface area contributed by atoms with Crippen LogP contribution in [0.5, 0.6) is 11.5 Å². The van der Waals surface area contributed by atoms with Gasteiger partial charge in [-0.05, 0) is 12.1 Å². The third-order valence-electron chi connectivity index (χ3n) is 3.49. The topological polar surface area (TPSA) is 121 Å². The molecule has 0 saturated carbocycles. The minimum atomic E-state index is -0.986. The summed E-state index contributed by atoms with van der Waals surface area (Å²) in [5, 5.41) is 14.3. The van der Waals surface area contributed by atoms with Crippen molar-refractivity contribution >= 4 is 11.8 Å². The third-order valence-corrected chi connectivity index (χ3v) is 3.49. The van der Waals surface area contributed by atoms with Crippen molar-refractivity contribution in [1.29, 1.82) is 0 Å². The monoisotopic (exact) mass is 375 g/mol. The van der Waals surface area contributed by atoms with E-state index in [9.17, 15) is 23.9 Å². The first-order valence-corrected chi connectivity index (χ1v) is 7.89. The number of rotatable bonds is 7. The molecule has 2 amide bonds.